The summed E-state index contributed by atoms with van der Waals surface area (Å²) >= 11 is 0. The van der Waals surface area contributed by atoms with Crippen LogP contribution in [-0.4, -0.2) is 40.0 Å². The number of hydrogen-bond acceptors (Lipinski definition) is 3. The van der Waals surface area contributed by atoms with Gasteiger partial charge in [0.2, 0.25) is 15.9 Å². The topological polar surface area (TPSA) is 79.7 Å². The van der Waals surface area contributed by atoms with Crippen molar-refractivity contribution in [2.75, 3.05) is 25.0 Å². The Hall–Kier alpha value is -1.44. The Kier molecular flexibility index (Phi) is 5.46. The van der Waals surface area contributed by atoms with Crippen LogP contribution in [0, 0.1) is 11.8 Å². The summed E-state index contributed by atoms with van der Waals surface area (Å²) < 4.78 is 27.8. The normalized spacial score (nSPS) is 28.7. The quantitative estimate of drug-likeness (QED) is 0.691. The van der Waals surface area contributed by atoms with Crippen molar-refractivity contribution in [2.24, 2.45) is 11.8 Å². The van der Waals surface area contributed by atoms with Crippen molar-refractivity contribution in [1.29, 1.82) is 0 Å². The van der Waals surface area contributed by atoms with Gasteiger partial charge >= 0.3 is 0 Å². The fourth-order valence-electron chi connectivity index (χ4n) is 4.34. The van der Waals surface area contributed by atoms with E-state index in [0.29, 0.717) is 18.3 Å². The highest BCUT2D eigenvalue weighted by molar-refractivity contribution is 7.89. The predicted molar refractivity (Wildman–Crippen MR) is 96.9 cm³/mol. The third kappa shape index (κ3) is 4.22. The summed E-state index contributed by atoms with van der Waals surface area (Å²) in [6.45, 7) is 6.52. The first-order valence-corrected chi connectivity index (χ1v) is 10.6. The van der Waals surface area contributed by atoms with Crippen LogP contribution in [0.1, 0.15) is 33.1 Å². The Bertz CT molecular complexity index is 718. The van der Waals surface area contributed by atoms with Crippen LogP contribution in [0.25, 0.3) is 0 Å². The number of rotatable bonds is 6. The van der Waals surface area contributed by atoms with Gasteiger partial charge in [-0.3, -0.25) is 4.79 Å². The zero-order chi connectivity index (χ0) is 18.0. The van der Waals surface area contributed by atoms with E-state index in [1.54, 1.807) is 17.0 Å². The number of piperidine rings is 3. The van der Waals surface area contributed by atoms with Crippen molar-refractivity contribution < 1.29 is 18.1 Å². The van der Waals surface area contributed by atoms with Crippen molar-refractivity contribution >= 4 is 21.6 Å². The van der Waals surface area contributed by atoms with Gasteiger partial charge in [-0.25, -0.2) is 13.1 Å². The Morgan fingerprint density at radius 2 is 2.00 bits per heavy atom. The maximum Gasteiger partial charge on any atom is 0.240 e. The predicted octanol–water partition coefficient (Wildman–Crippen LogP) is 0.627. The molecular formula is C18H28N3O3S+. The second kappa shape index (κ2) is 7.43. The van der Waals surface area contributed by atoms with E-state index in [1.165, 1.54) is 45.0 Å². The number of benzene rings is 1. The summed E-state index contributed by atoms with van der Waals surface area (Å²) in [5.74, 6) is 1.38. The first-order chi connectivity index (χ1) is 11.9. The number of amides is 1. The molecule has 7 heteroatoms. The number of sulfonamides is 1. The fraction of sp³-hybridized carbons (Fsp3) is 0.611. The number of quaternary nitrogens is 1. The lowest BCUT2D eigenvalue weighted by molar-refractivity contribution is -0.945. The molecule has 4 rings (SSSR count). The lowest BCUT2D eigenvalue weighted by Crippen LogP contribution is -3.20. The van der Waals surface area contributed by atoms with E-state index in [4.69, 9.17) is 0 Å². The number of fused-ring (bicyclic) bond motifs is 3. The van der Waals surface area contributed by atoms with E-state index in [2.05, 4.69) is 17.0 Å². The van der Waals surface area contributed by atoms with E-state index >= 15 is 0 Å². The van der Waals surface area contributed by atoms with Crippen LogP contribution in [0.4, 0.5) is 5.69 Å². The van der Waals surface area contributed by atoms with Gasteiger partial charge in [-0.05, 0) is 36.6 Å². The molecule has 4 atom stereocenters. The molecule has 3 aliphatic rings. The lowest BCUT2D eigenvalue weighted by Gasteiger charge is -2.46. The Morgan fingerprint density at radius 3 is 2.56 bits per heavy atom. The van der Waals surface area contributed by atoms with Crippen LogP contribution in [0.5, 0.6) is 0 Å². The molecule has 3 aliphatic heterocycles. The number of carbonyl (C=O) groups excluding carboxylic acids is 1. The number of nitrogens with one attached hydrogen (secondary N) is 3. The van der Waals surface area contributed by atoms with Crippen LogP contribution >= 0.6 is 0 Å². The summed E-state index contributed by atoms with van der Waals surface area (Å²) in [5, 5.41) is 2.64. The van der Waals surface area contributed by atoms with Gasteiger partial charge < -0.3 is 10.2 Å². The van der Waals surface area contributed by atoms with Crippen molar-refractivity contribution in [2.45, 2.75) is 44.0 Å². The summed E-state index contributed by atoms with van der Waals surface area (Å²) in [5.41, 5.74) is 0.595. The SMILES string of the molecule is CC[C@H]1C[NH+]2CC[C@H]1C[C@@H]2CNS(=O)(=O)c1ccc(NC(C)=O)cc1. The maximum atomic E-state index is 12.5. The van der Waals surface area contributed by atoms with Gasteiger partial charge in [-0.2, -0.15) is 0 Å². The van der Waals surface area contributed by atoms with Gasteiger partial charge in [-0.15, -0.1) is 0 Å². The first kappa shape index (κ1) is 18.4. The van der Waals surface area contributed by atoms with Crippen LogP contribution in [0.3, 0.4) is 0 Å². The van der Waals surface area contributed by atoms with E-state index in [1.807, 2.05) is 0 Å². The molecule has 3 heterocycles. The molecule has 3 N–H and O–H groups in total. The number of anilines is 1. The Morgan fingerprint density at radius 1 is 1.28 bits per heavy atom. The summed E-state index contributed by atoms with van der Waals surface area (Å²) in [7, 11) is -3.52. The summed E-state index contributed by atoms with van der Waals surface area (Å²) in [6.07, 6.45) is 3.63. The average molecular weight is 367 g/mol. The lowest BCUT2D eigenvalue weighted by atomic mass is 9.74. The number of carbonyl (C=O) groups is 1. The minimum absolute atomic E-state index is 0.177. The highest BCUT2D eigenvalue weighted by atomic mass is 32.2. The monoisotopic (exact) mass is 366 g/mol. The van der Waals surface area contributed by atoms with Crippen molar-refractivity contribution in [3.05, 3.63) is 24.3 Å². The van der Waals surface area contributed by atoms with E-state index < -0.39 is 10.0 Å². The van der Waals surface area contributed by atoms with Crippen molar-refractivity contribution in [1.82, 2.24) is 4.72 Å². The molecule has 1 unspecified atom stereocenters. The van der Waals surface area contributed by atoms with E-state index in [9.17, 15) is 13.2 Å². The van der Waals surface area contributed by atoms with Gasteiger partial charge in [0.15, 0.2) is 0 Å². The minimum Gasteiger partial charge on any atom is -0.331 e. The standard InChI is InChI=1S/C18H27N3O3S/c1-3-14-12-21-9-8-15(14)10-17(21)11-19-25(23,24)18-6-4-16(5-7-18)20-13(2)22/h4-7,14-15,17,19H,3,8-12H2,1-2H3,(H,20,22)/p+1/t14-,15-,17+/m0/s1. The van der Waals surface area contributed by atoms with Crippen molar-refractivity contribution in [3.8, 4) is 0 Å². The molecule has 0 saturated carbocycles. The Balaban J connectivity index is 1.60. The smallest absolute Gasteiger partial charge is 0.240 e. The highest BCUT2D eigenvalue weighted by Crippen LogP contribution is 2.28. The zero-order valence-electron chi connectivity index (χ0n) is 14.9. The minimum atomic E-state index is -3.52. The molecule has 0 aliphatic carbocycles. The van der Waals surface area contributed by atoms with Crippen LogP contribution in [0.2, 0.25) is 0 Å². The molecule has 6 nitrogen and oxygen atoms in total. The maximum absolute atomic E-state index is 12.5. The van der Waals surface area contributed by atoms with Gasteiger partial charge in [0.1, 0.15) is 6.04 Å². The summed E-state index contributed by atoms with van der Waals surface area (Å²) in [6, 6.07) is 6.66. The summed E-state index contributed by atoms with van der Waals surface area (Å²) in [4.78, 5) is 12.8. The molecule has 1 aromatic carbocycles. The van der Waals surface area contributed by atoms with Crippen molar-refractivity contribution in [3.63, 3.8) is 0 Å². The fourth-order valence-corrected chi connectivity index (χ4v) is 5.43. The molecule has 0 radical (unpaired) electrons. The molecule has 1 aromatic rings. The molecule has 3 fully saturated rings. The molecule has 0 aromatic heterocycles. The zero-order valence-corrected chi connectivity index (χ0v) is 15.7. The number of hydrogen-bond donors (Lipinski definition) is 3. The van der Waals surface area contributed by atoms with Gasteiger partial charge in [-0.1, -0.05) is 6.92 Å². The van der Waals surface area contributed by atoms with Crippen LogP contribution in [-0.2, 0) is 14.8 Å². The molecule has 3 saturated heterocycles. The highest BCUT2D eigenvalue weighted by Gasteiger charge is 2.42. The van der Waals surface area contributed by atoms with Crippen LogP contribution < -0.4 is 14.9 Å². The largest absolute Gasteiger partial charge is 0.331 e. The van der Waals surface area contributed by atoms with Gasteiger partial charge in [0.05, 0.1) is 24.5 Å². The molecule has 1 amide bonds. The molecule has 25 heavy (non-hydrogen) atoms. The van der Waals surface area contributed by atoms with E-state index in [-0.39, 0.29) is 10.8 Å². The Labute approximate surface area is 150 Å². The van der Waals surface area contributed by atoms with E-state index in [0.717, 1.165) is 18.3 Å². The second-order valence-corrected chi connectivity index (χ2v) is 9.09. The molecule has 138 valence electrons. The first-order valence-electron chi connectivity index (χ1n) is 9.11. The van der Waals surface area contributed by atoms with Crippen LogP contribution in [0.15, 0.2) is 29.2 Å². The third-order valence-corrected chi connectivity index (χ3v) is 7.16. The molecular weight excluding hydrogens is 338 g/mol. The molecule has 0 spiro atoms. The average Bonchev–Trinajstić information content (AvgIpc) is 2.60. The third-order valence-electron chi connectivity index (χ3n) is 5.72. The van der Waals surface area contributed by atoms with Gasteiger partial charge in [0.25, 0.3) is 0 Å². The second-order valence-electron chi connectivity index (χ2n) is 7.32. The molecule has 2 bridgehead atoms. The van der Waals surface area contributed by atoms with Gasteiger partial charge in [0, 0.05) is 31.4 Å².